The summed E-state index contributed by atoms with van der Waals surface area (Å²) < 4.78 is 30.9. The number of alkyl halides is 1. The normalized spacial score (nSPS) is 30.1. The predicted molar refractivity (Wildman–Crippen MR) is 83.3 cm³/mol. The van der Waals surface area contributed by atoms with Crippen molar-refractivity contribution in [2.45, 2.75) is 70.4 Å². The van der Waals surface area contributed by atoms with Gasteiger partial charge >= 0.3 is 13.1 Å². The molecular formula is C16H26BFO4. The highest BCUT2D eigenvalue weighted by atomic mass is 19.1. The number of hydrogen-bond acceptors (Lipinski definition) is 4. The van der Waals surface area contributed by atoms with Gasteiger partial charge in [0.15, 0.2) is 0 Å². The van der Waals surface area contributed by atoms with Crippen LogP contribution in [-0.2, 0) is 18.8 Å². The lowest BCUT2D eigenvalue weighted by Gasteiger charge is -2.35. The van der Waals surface area contributed by atoms with Crippen LogP contribution < -0.4 is 0 Å². The summed E-state index contributed by atoms with van der Waals surface area (Å²) in [5.74, 6) is -0.302. The van der Waals surface area contributed by atoms with Gasteiger partial charge in [0.25, 0.3) is 0 Å². The molecule has 2 aliphatic rings. The van der Waals surface area contributed by atoms with Crippen LogP contribution >= 0.6 is 0 Å². The van der Waals surface area contributed by atoms with Crippen LogP contribution in [0, 0.1) is 0 Å². The minimum absolute atomic E-state index is 0.302. The highest BCUT2D eigenvalue weighted by Gasteiger charge is 2.59. The topological polar surface area (TPSA) is 44.8 Å². The van der Waals surface area contributed by atoms with E-state index in [0.29, 0.717) is 31.4 Å². The van der Waals surface area contributed by atoms with E-state index in [1.165, 1.54) is 0 Å². The number of allylic oxidation sites excluding steroid dienone is 1. The molecule has 2 rings (SSSR count). The Morgan fingerprint density at radius 2 is 1.91 bits per heavy atom. The zero-order valence-electron chi connectivity index (χ0n) is 14.2. The fourth-order valence-corrected chi connectivity index (χ4v) is 2.81. The third-order valence-electron chi connectivity index (χ3n) is 5.20. The molecule has 1 aliphatic carbocycles. The first-order valence-corrected chi connectivity index (χ1v) is 7.95. The third-order valence-corrected chi connectivity index (χ3v) is 5.20. The van der Waals surface area contributed by atoms with Crippen molar-refractivity contribution >= 4 is 13.1 Å². The van der Waals surface area contributed by atoms with Gasteiger partial charge in [-0.1, -0.05) is 6.08 Å². The molecule has 4 nitrogen and oxygen atoms in total. The Morgan fingerprint density at radius 3 is 2.32 bits per heavy atom. The first-order chi connectivity index (χ1) is 10.2. The number of rotatable bonds is 4. The molecular weight excluding hydrogens is 286 g/mol. The van der Waals surface area contributed by atoms with Gasteiger partial charge in [0.1, 0.15) is 0 Å². The number of ether oxygens (including phenoxy) is 1. The molecule has 1 heterocycles. The predicted octanol–water partition coefficient (Wildman–Crippen LogP) is 3.46. The maximum absolute atomic E-state index is 13.9. The summed E-state index contributed by atoms with van der Waals surface area (Å²) in [7, 11) is -0.595. The van der Waals surface area contributed by atoms with Crippen LogP contribution in [0.1, 0.15) is 53.9 Å². The van der Waals surface area contributed by atoms with Gasteiger partial charge in [0, 0.05) is 10.9 Å². The van der Waals surface area contributed by atoms with E-state index >= 15 is 0 Å². The third kappa shape index (κ3) is 2.95. The van der Waals surface area contributed by atoms with Gasteiger partial charge in [-0.15, -0.1) is 0 Å². The SMILES string of the molecule is CCOC(=O)C1=CCC(CF)(B2OC(C)(C)C(C)(C)O2)CC1. The Hall–Kier alpha value is -0.875. The molecule has 1 unspecified atom stereocenters. The van der Waals surface area contributed by atoms with Gasteiger partial charge in [-0.2, -0.15) is 0 Å². The molecule has 0 amide bonds. The Labute approximate surface area is 132 Å². The molecule has 0 saturated carbocycles. The molecule has 0 aromatic rings. The maximum Gasteiger partial charge on any atom is 0.467 e. The summed E-state index contributed by atoms with van der Waals surface area (Å²) in [5.41, 5.74) is -0.335. The van der Waals surface area contributed by atoms with Crippen molar-refractivity contribution < 1.29 is 23.2 Å². The van der Waals surface area contributed by atoms with Gasteiger partial charge < -0.3 is 14.0 Å². The summed E-state index contributed by atoms with van der Waals surface area (Å²) in [6, 6.07) is 0. The standard InChI is InChI=1S/C16H26BFO4/c1-6-20-13(19)12-7-9-16(11-18,10-8-12)17-21-14(2,3)15(4,5)22-17/h7H,6,8-11H2,1-5H3. The van der Waals surface area contributed by atoms with Crippen molar-refractivity contribution in [1.29, 1.82) is 0 Å². The zero-order valence-corrected chi connectivity index (χ0v) is 14.2. The van der Waals surface area contributed by atoms with Crippen molar-refractivity contribution in [3.63, 3.8) is 0 Å². The fraction of sp³-hybridized carbons (Fsp3) is 0.812. The number of carbonyl (C=O) groups excluding carboxylic acids is 1. The van der Waals surface area contributed by atoms with Crippen LogP contribution in [0.4, 0.5) is 4.39 Å². The van der Waals surface area contributed by atoms with Crippen LogP contribution in [0.5, 0.6) is 0 Å². The minimum Gasteiger partial charge on any atom is -0.463 e. The van der Waals surface area contributed by atoms with E-state index < -0.39 is 30.3 Å². The largest absolute Gasteiger partial charge is 0.467 e. The van der Waals surface area contributed by atoms with Gasteiger partial charge in [0.05, 0.1) is 24.5 Å². The lowest BCUT2D eigenvalue weighted by molar-refractivity contribution is -0.138. The van der Waals surface area contributed by atoms with Crippen molar-refractivity contribution in [3.05, 3.63) is 11.6 Å². The average molecular weight is 312 g/mol. The average Bonchev–Trinajstić information content (AvgIpc) is 2.68. The summed E-state index contributed by atoms with van der Waals surface area (Å²) in [5, 5.41) is -0.721. The highest BCUT2D eigenvalue weighted by Crippen LogP contribution is 2.52. The van der Waals surface area contributed by atoms with Gasteiger partial charge in [-0.05, 0) is 53.9 Å². The molecule has 0 aromatic carbocycles. The summed E-state index contributed by atoms with van der Waals surface area (Å²) in [6.07, 6.45) is 3.22. The first-order valence-electron chi connectivity index (χ1n) is 7.95. The molecule has 0 radical (unpaired) electrons. The Kier molecular flexibility index (Phi) is 4.74. The van der Waals surface area contributed by atoms with E-state index in [9.17, 15) is 9.18 Å². The fourth-order valence-electron chi connectivity index (χ4n) is 2.81. The Bertz CT molecular complexity index is 459. The molecule has 0 N–H and O–H groups in total. The van der Waals surface area contributed by atoms with Crippen LogP contribution in [0.3, 0.4) is 0 Å². The number of esters is 1. The Morgan fingerprint density at radius 1 is 1.32 bits per heavy atom. The van der Waals surface area contributed by atoms with Gasteiger partial charge in [-0.25, -0.2) is 4.79 Å². The van der Waals surface area contributed by atoms with E-state index in [4.69, 9.17) is 14.0 Å². The zero-order chi connectivity index (χ0) is 16.6. The van der Waals surface area contributed by atoms with Crippen molar-refractivity contribution in [1.82, 2.24) is 0 Å². The molecule has 1 atom stereocenters. The van der Waals surface area contributed by atoms with E-state index in [2.05, 4.69) is 0 Å². The van der Waals surface area contributed by atoms with Crippen molar-refractivity contribution in [3.8, 4) is 0 Å². The van der Waals surface area contributed by atoms with E-state index in [1.54, 1.807) is 13.0 Å². The molecule has 124 valence electrons. The number of halogens is 1. The van der Waals surface area contributed by atoms with E-state index in [1.807, 2.05) is 27.7 Å². The van der Waals surface area contributed by atoms with Crippen LogP contribution in [0.2, 0.25) is 5.31 Å². The second-order valence-corrected chi connectivity index (χ2v) is 7.24. The van der Waals surface area contributed by atoms with Gasteiger partial charge in [-0.3, -0.25) is 4.39 Å². The van der Waals surface area contributed by atoms with Crippen LogP contribution in [0.15, 0.2) is 11.6 Å². The lowest BCUT2D eigenvalue weighted by Crippen LogP contribution is -2.41. The molecule has 6 heteroatoms. The van der Waals surface area contributed by atoms with Crippen molar-refractivity contribution in [2.75, 3.05) is 13.3 Å². The number of carbonyl (C=O) groups is 1. The van der Waals surface area contributed by atoms with Crippen molar-refractivity contribution in [2.24, 2.45) is 0 Å². The molecule has 0 spiro atoms. The second kappa shape index (κ2) is 5.97. The molecule has 1 fully saturated rings. The molecule has 0 bridgehead atoms. The van der Waals surface area contributed by atoms with Gasteiger partial charge in [0.2, 0.25) is 0 Å². The first kappa shape index (κ1) is 17.5. The van der Waals surface area contributed by atoms with Crippen LogP contribution in [0.25, 0.3) is 0 Å². The highest BCUT2D eigenvalue weighted by molar-refractivity contribution is 6.50. The smallest absolute Gasteiger partial charge is 0.463 e. The van der Waals surface area contributed by atoms with E-state index in [-0.39, 0.29) is 5.97 Å². The molecule has 0 aromatic heterocycles. The summed E-state index contributed by atoms with van der Waals surface area (Å²) in [6.45, 7) is 9.43. The lowest BCUT2D eigenvalue weighted by atomic mass is 9.52. The van der Waals surface area contributed by atoms with E-state index in [0.717, 1.165) is 0 Å². The molecule has 22 heavy (non-hydrogen) atoms. The molecule has 1 aliphatic heterocycles. The molecule has 1 saturated heterocycles. The summed E-state index contributed by atoms with van der Waals surface area (Å²) in [4.78, 5) is 11.8. The Balaban J connectivity index is 2.15. The minimum atomic E-state index is -0.721. The quantitative estimate of drug-likeness (QED) is 0.589. The summed E-state index contributed by atoms with van der Waals surface area (Å²) >= 11 is 0. The number of hydrogen-bond donors (Lipinski definition) is 0. The van der Waals surface area contributed by atoms with Crippen LogP contribution in [-0.4, -0.2) is 37.6 Å². The second-order valence-electron chi connectivity index (χ2n) is 7.24. The monoisotopic (exact) mass is 312 g/mol. The maximum atomic E-state index is 13.9.